The Balaban J connectivity index is 1.93. The van der Waals surface area contributed by atoms with Crippen LogP contribution in [-0.4, -0.2) is 30.1 Å². The molecule has 2 rings (SSSR count). The third kappa shape index (κ3) is 3.17. The SMILES string of the molecule is Cc1cccc(C)c1NC(=O)C(=O)NCC1(CO)CC1. The van der Waals surface area contributed by atoms with Crippen LogP contribution in [0.25, 0.3) is 0 Å². The molecule has 20 heavy (non-hydrogen) atoms. The number of anilines is 1. The molecule has 0 spiro atoms. The van der Waals surface area contributed by atoms with Crippen LogP contribution in [0.2, 0.25) is 0 Å². The van der Waals surface area contributed by atoms with E-state index in [4.69, 9.17) is 5.11 Å². The third-order valence-corrected chi connectivity index (χ3v) is 3.84. The van der Waals surface area contributed by atoms with Crippen molar-refractivity contribution in [1.29, 1.82) is 0 Å². The highest BCUT2D eigenvalue weighted by molar-refractivity contribution is 6.39. The number of carbonyl (C=O) groups excluding carboxylic acids is 2. The zero-order valence-corrected chi connectivity index (χ0v) is 11.8. The van der Waals surface area contributed by atoms with Gasteiger partial charge in [0.05, 0.1) is 6.61 Å². The van der Waals surface area contributed by atoms with Crippen molar-refractivity contribution in [2.45, 2.75) is 26.7 Å². The van der Waals surface area contributed by atoms with Crippen LogP contribution >= 0.6 is 0 Å². The molecule has 108 valence electrons. The molecule has 0 unspecified atom stereocenters. The smallest absolute Gasteiger partial charge is 0.313 e. The number of benzene rings is 1. The number of aliphatic hydroxyl groups is 1. The molecule has 1 aromatic carbocycles. The molecule has 2 amide bonds. The third-order valence-electron chi connectivity index (χ3n) is 3.84. The Morgan fingerprint density at radius 1 is 1.20 bits per heavy atom. The summed E-state index contributed by atoms with van der Waals surface area (Å²) in [7, 11) is 0. The normalized spacial score (nSPS) is 15.6. The van der Waals surface area contributed by atoms with Crippen molar-refractivity contribution in [1.82, 2.24) is 5.32 Å². The first kappa shape index (κ1) is 14.5. The Hall–Kier alpha value is -1.88. The van der Waals surface area contributed by atoms with Crippen molar-refractivity contribution in [2.75, 3.05) is 18.5 Å². The van der Waals surface area contributed by atoms with E-state index in [1.165, 1.54) is 0 Å². The molecule has 0 saturated heterocycles. The average molecular weight is 276 g/mol. The first-order valence-electron chi connectivity index (χ1n) is 6.74. The summed E-state index contributed by atoms with van der Waals surface area (Å²) in [6, 6.07) is 5.66. The maximum atomic E-state index is 11.9. The highest BCUT2D eigenvalue weighted by Crippen LogP contribution is 2.44. The van der Waals surface area contributed by atoms with Gasteiger partial charge in [0.15, 0.2) is 0 Å². The van der Waals surface area contributed by atoms with Crippen molar-refractivity contribution in [3.8, 4) is 0 Å². The predicted molar refractivity (Wildman–Crippen MR) is 76.3 cm³/mol. The number of aryl methyl sites for hydroxylation is 2. The fraction of sp³-hybridized carbons (Fsp3) is 0.467. The minimum absolute atomic E-state index is 0.0474. The molecule has 5 heteroatoms. The van der Waals surface area contributed by atoms with Gasteiger partial charge < -0.3 is 15.7 Å². The molecule has 0 atom stereocenters. The van der Waals surface area contributed by atoms with Crippen molar-refractivity contribution in [3.63, 3.8) is 0 Å². The molecule has 0 bridgehead atoms. The van der Waals surface area contributed by atoms with Crippen LogP contribution in [0.5, 0.6) is 0 Å². The number of amides is 2. The highest BCUT2D eigenvalue weighted by atomic mass is 16.3. The van der Waals surface area contributed by atoms with Gasteiger partial charge in [-0.15, -0.1) is 0 Å². The minimum Gasteiger partial charge on any atom is -0.396 e. The first-order valence-corrected chi connectivity index (χ1v) is 6.74. The molecule has 1 saturated carbocycles. The van der Waals surface area contributed by atoms with Gasteiger partial charge in [0.25, 0.3) is 0 Å². The van der Waals surface area contributed by atoms with Gasteiger partial charge in [-0.05, 0) is 37.8 Å². The maximum Gasteiger partial charge on any atom is 0.313 e. The summed E-state index contributed by atoms with van der Waals surface area (Å²) < 4.78 is 0. The first-order chi connectivity index (χ1) is 9.47. The van der Waals surface area contributed by atoms with E-state index in [9.17, 15) is 9.59 Å². The van der Waals surface area contributed by atoms with E-state index in [-0.39, 0.29) is 12.0 Å². The zero-order valence-electron chi connectivity index (χ0n) is 11.8. The predicted octanol–water partition coefficient (Wildman–Crippen LogP) is 1.13. The van der Waals surface area contributed by atoms with Crippen LogP contribution in [0.1, 0.15) is 24.0 Å². The van der Waals surface area contributed by atoms with Gasteiger partial charge >= 0.3 is 11.8 Å². The largest absolute Gasteiger partial charge is 0.396 e. The summed E-state index contributed by atoms with van der Waals surface area (Å²) in [6.07, 6.45) is 1.78. The summed E-state index contributed by atoms with van der Waals surface area (Å²) in [6.45, 7) is 4.16. The molecule has 0 aliphatic heterocycles. The molecule has 0 heterocycles. The second-order valence-electron chi connectivity index (χ2n) is 5.56. The van der Waals surface area contributed by atoms with Crippen LogP contribution in [0.4, 0.5) is 5.69 Å². The van der Waals surface area contributed by atoms with Gasteiger partial charge in [0, 0.05) is 17.6 Å². The molecule has 5 nitrogen and oxygen atoms in total. The van der Waals surface area contributed by atoms with E-state index in [1.807, 2.05) is 32.0 Å². The fourth-order valence-corrected chi connectivity index (χ4v) is 2.10. The van der Waals surface area contributed by atoms with Gasteiger partial charge in [0.1, 0.15) is 0 Å². The molecular weight excluding hydrogens is 256 g/mol. The number of aliphatic hydroxyl groups excluding tert-OH is 1. The molecule has 0 aromatic heterocycles. The van der Waals surface area contributed by atoms with Gasteiger partial charge in [-0.1, -0.05) is 18.2 Å². The molecule has 3 N–H and O–H groups in total. The lowest BCUT2D eigenvalue weighted by atomic mass is 10.1. The number of hydrogen-bond acceptors (Lipinski definition) is 3. The van der Waals surface area contributed by atoms with Crippen molar-refractivity contribution in [2.24, 2.45) is 5.41 Å². The Morgan fingerprint density at radius 2 is 1.80 bits per heavy atom. The van der Waals surface area contributed by atoms with Crippen LogP contribution in [0.3, 0.4) is 0 Å². The van der Waals surface area contributed by atoms with Crippen molar-refractivity contribution < 1.29 is 14.7 Å². The van der Waals surface area contributed by atoms with E-state index in [0.717, 1.165) is 24.0 Å². The van der Waals surface area contributed by atoms with Crippen LogP contribution in [0.15, 0.2) is 18.2 Å². The summed E-state index contributed by atoms with van der Waals surface area (Å²) in [5.41, 5.74) is 2.31. The number of para-hydroxylation sites is 1. The molecule has 1 aliphatic rings. The van der Waals surface area contributed by atoms with Gasteiger partial charge in [0.2, 0.25) is 0 Å². The minimum atomic E-state index is -0.670. The average Bonchev–Trinajstić information content (AvgIpc) is 3.21. The van der Waals surface area contributed by atoms with Crippen molar-refractivity contribution in [3.05, 3.63) is 29.3 Å². The van der Waals surface area contributed by atoms with E-state index in [0.29, 0.717) is 12.2 Å². The summed E-state index contributed by atoms with van der Waals surface area (Å²) >= 11 is 0. The topological polar surface area (TPSA) is 78.4 Å². The van der Waals surface area contributed by atoms with Gasteiger partial charge in [-0.25, -0.2) is 0 Å². The molecule has 1 fully saturated rings. The lowest BCUT2D eigenvalue weighted by molar-refractivity contribution is -0.136. The number of hydrogen-bond donors (Lipinski definition) is 3. The van der Waals surface area contributed by atoms with Gasteiger partial charge in [-0.2, -0.15) is 0 Å². The Kier molecular flexibility index (Phi) is 4.09. The monoisotopic (exact) mass is 276 g/mol. The Labute approximate surface area is 118 Å². The van der Waals surface area contributed by atoms with E-state index >= 15 is 0 Å². The lowest BCUT2D eigenvalue weighted by Gasteiger charge is -2.14. The summed E-state index contributed by atoms with van der Waals surface area (Å²) in [5, 5.41) is 14.4. The zero-order chi connectivity index (χ0) is 14.8. The standard InChI is InChI=1S/C15H20N2O3/c1-10-4-3-5-11(2)12(10)17-14(20)13(19)16-8-15(9-18)6-7-15/h3-5,18H,6-9H2,1-2H3,(H,16,19)(H,17,20). The number of rotatable bonds is 4. The molecular formula is C15H20N2O3. The van der Waals surface area contributed by atoms with Crippen LogP contribution in [0, 0.1) is 19.3 Å². The second-order valence-corrected chi connectivity index (χ2v) is 5.56. The quantitative estimate of drug-likeness (QED) is 0.721. The summed E-state index contributed by atoms with van der Waals surface area (Å²) in [5.74, 6) is -1.33. The van der Waals surface area contributed by atoms with E-state index in [2.05, 4.69) is 10.6 Å². The lowest BCUT2D eigenvalue weighted by Crippen LogP contribution is -2.39. The Bertz CT molecular complexity index is 516. The van der Waals surface area contributed by atoms with E-state index in [1.54, 1.807) is 0 Å². The highest BCUT2D eigenvalue weighted by Gasteiger charge is 2.42. The van der Waals surface area contributed by atoms with E-state index < -0.39 is 11.8 Å². The molecule has 1 aliphatic carbocycles. The number of nitrogens with one attached hydrogen (secondary N) is 2. The number of carbonyl (C=O) groups is 2. The molecule has 1 aromatic rings. The van der Waals surface area contributed by atoms with Crippen LogP contribution < -0.4 is 10.6 Å². The van der Waals surface area contributed by atoms with Crippen LogP contribution in [-0.2, 0) is 9.59 Å². The van der Waals surface area contributed by atoms with Gasteiger partial charge in [-0.3, -0.25) is 9.59 Å². The summed E-state index contributed by atoms with van der Waals surface area (Å²) in [4.78, 5) is 23.6. The maximum absolute atomic E-state index is 11.9. The Morgan fingerprint density at radius 3 is 2.30 bits per heavy atom. The second kappa shape index (κ2) is 5.63. The molecule has 0 radical (unpaired) electrons. The van der Waals surface area contributed by atoms with Crippen molar-refractivity contribution >= 4 is 17.5 Å². The fourth-order valence-electron chi connectivity index (χ4n) is 2.10.